The average Bonchev–Trinajstić information content (AvgIpc) is 2.35. The molecule has 0 aliphatic rings. The second-order valence-electron chi connectivity index (χ2n) is 4.32. The molecule has 0 aliphatic carbocycles. The van der Waals surface area contributed by atoms with Crippen molar-refractivity contribution in [2.75, 3.05) is 0 Å². The Labute approximate surface area is 123 Å². The minimum atomic E-state index is -0.960. The second kappa shape index (κ2) is 6.90. The van der Waals surface area contributed by atoms with E-state index >= 15 is 0 Å². The smallest absolute Gasteiger partial charge is 0.139 e. The van der Waals surface area contributed by atoms with Crippen molar-refractivity contribution in [2.45, 2.75) is 19.4 Å². The summed E-state index contributed by atoms with van der Waals surface area (Å²) in [5.74, 6) is -0.556. The molecule has 0 saturated carbocycles. The van der Waals surface area contributed by atoms with Crippen LogP contribution in [0.2, 0.25) is 5.02 Å². The summed E-state index contributed by atoms with van der Waals surface area (Å²) in [5.41, 5.74) is 5.88. The number of rotatable bonds is 4. The lowest BCUT2D eigenvalue weighted by Crippen LogP contribution is -2.30. The van der Waals surface area contributed by atoms with Gasteiger partial charge < -0.3 is 5.73 Å². The first-order chi connectivity index (χ1) is 8.86. The van der Waals surface area contributed by atoms with E-state index in [4.69, 9.17) is 28.9 Å². The monoisotopic (exact) mass is 299 g/mol. The van der Waals surface area contributed by atoms with Crippen molar-refractivity contribution in [1.82, 2.24) is 0 Å². The Bertz CT molecular complexity index is 513. The molecule has 0 amide bonds. The van der Waals surface area contributed by atoms with Crippen molar-refractivity contribution in [3.8, 4) is 0 Å². The van der Waals surface area contributed by atoms with E-state index < -0.39 is 11.4 Å². The molecule has 4 heteroatoms. The normalized spacial score (nSPS) is 16.7. The maximum absolute atomic E-state index is 13.9. The number of nitrogens with two attached hydrogens (primary N) is 1. The minimum absolute atomic E-state index is 0.0174. The molecule has 0 bridgehead atoms. The minimum Gasteiger partial charge on any atom is -0.318 e. The van der Waals surface area contributed by atoms with Gasteiger partial charge in [0, 0.05) is 5.02 Å². The van der Waals surface area contributed by atoms with Crippen molar-refractivity contribution in [2.24, 2.45) is 5.73 Å². The van der Waals surface area contributed by atoms with Crippen molar-refractivity contribution >= 4 is 23.2 Å². The molecule has 1 unspecified atom stereocenters. The van der Waals surface area contributed by atoms with Crippen molar-refractivity contribution < 1.29 is 4.39 Å². The molecule has 2 N–H and O–H groups in total. The van der Waals surface area contributed by atoms with Gasteiger partial charge in [-0.15, -0.1) is 0 Å². The topological polar surface area (TPSA) is 26.0 Å². The third-order valence-corrected chi connectivity index (χ3v) is 3.11. The zero-order chi connectivity index (χ0) is 14.5. The molecule has 0 aromatic heterocycles. The average molecular weight is 300 g/mol. The first-order valence-corrected chi connectivity index (χ1v) is 6.54. The largest absolute Gasteiger partial charge is 0.318 e. The third kappa shape index (κ3) is 4.83. The van der Waals surface area contributed by atoms with Crippen molar-refractivity contribution in [3.05, 3.63) is 70.0 Å². The van der Waals surface area contributed by atoms with Crippen LogP contribution in [0.5, 0.6) is 0 Å². The quantitative estimate of drug-likeness (QED) is 0.772. The molecule has 0 saturated heterocycles. The summed E-state index contributed by atoms with van der Waals surface area (Å²) in [7, 11) is 0. The zero-order valence-corrected chi connectivity index (χ0v) is 12.3. The van der Waals surface area contributed by atoms with E-state index in [-0.39, 0.29) is 5.03 Å². The molecule has 1 rings (SSSR count). The van der Waals surface area contributed by atoms with Crippen LogP contribution in [0.3, 0.4) is 0 Å². The van der Waals surface area contributed by atoms with Crippen LogP contribution in [0.25, 0.3) is 0 Å². The van der Waals surface area contributed by atoms with Gasteiger partial charge in [0.1, 0.15) is 5.83 Å². The number of hydrogen-bond donors (Lipinski definition) is 1. The molecule has 1 aromatic rings. The van der Waals surface area contributed by atoms with E-state index in [0.717, 1.165) is 5.56 Å². The number of hydrogen-bond acceptors (Lipinski definition) is 1. The maximum Gasteiger partial charge on any atom is 0.139 e. The number of benzene rings is 1. The fourth-order valence-electron chi connectivity index (χ4n) is 1.48. The van der Waals surface area contributed by atoms with Gasteiger partial charge in [0.25, 0.3) is 0 Å². The number of allylic oxidation sites excluding steroid dienone is 5. The first-order valence-electron chi connectivity index (χ1n) is 5.79. The highest BCUT2D eigenvalue weighted by atomic mass is 35.5. The molecular formula is C15H16Cl2FN. The van der Waals surface area contributed by atoms with Crippen LogP contribution in [0.1, 0.15) is 19.4 Å². The van der Waals surface area contributed by atoms with E-state index in [0.29, 0.717) is 5.02 Å². The Balaban J connectivity index is 3.03. The van der Waals surface area contributed by atoms with Gasteiger partial charge in [-0.25, -0.2) is 4.39 Å². The molecule has 19 heavy (non-hydrogen) atoms. The summed E-state index contributed by atoms with van der Waals surface area (Å²) in [6.07, 6.45) is 6.19. The van der Waals surface area contributed by atoms with E-state index in [9.17, 15) is 4.39 Å². The van der Waals surface area contributed by atoms with Gasteiger partial charge in [-0.2, -0.15) is 0 Å². The Morgan fingerprint density at radius 1 is 1.32 bits per heavy atom. The van der Waals surface area contributed by atoms with Crippen LogP contribution in [0.4, 0.5) is 4.39 Å². The van der Waals surface area contributed by atoms with Crippen molar-refractivity contribution in [3.63, 3.8) is 0 Å². The van der Waals surface area contributed by atoms with E-state index in [2.05, 4.69) is 0 Å². The van der Waals surface area contributed by atoms with Gasteiger partial charge in [-0.05, 0) is 43.7 Å². The van der Waals surface area contributed by atoms with Crippen LogP contribution in [-0.2, 0) is 5.54 Å². The Morgan fingerprint density at radius 2 is 1.89 bits per heavy atom. The molecule has 0 heterocycles. The van der Waals surface area contributed by atoms with Gasteiger partial charge in [0.15, 0.2) is 0 Å². The fraction of sp³-hybridized carbons (Fsp3) is 0.200. The summed E-state index contributed by atoms with van der Waals surface area (Å²) in [6.45, 7) is 3.53. The zero-order valence-electron chi connectivity index (χ0n) is 10.8. The number of halogens is 3. The Hall–Kier alpha value is -1.09. The van der Waals surface area contributed by atoms with Gasteiger partial charge in [0.05, 0.1) is 10.6 Å². The highest BCUT2D eigenvalue weighted by molar-refractivity contribution is 6.31. The van der Waals surface area contributed by atoms with Crippen LogP contribution in [-0.4, -0.2) is 0 Å². The summed E-state index contributed by atoms with van der Waals surface area (Å²) < 4.78 is 13.9. The molecule has 0 radical (unpaired) electrons. The summed E-state index contributed by atoms with van der Waals surface area (Å²) in [5, 5.41) is 0.624. The standard InChI is InChI=1S/C15H16Cl2FN/c1-3-4-5-13(17)14(18)10-15(2,19)11-6-8-12(16)9-7-11/h3-10H,19H2,1-2H3/b4-3+,13-5+,14-10+. The van der Waals surface area contributed by atoms with Crippen LogP contribution in [0.15, 0.2) is 59.4 Å². The van der Waals surface area contributed by atoms with Crippen molar-refractivity contribution in [1.29, 1.82) is 0 Å². The predicted octanol–water partition coefficient (Wildman–Crippen LogP) is 5.07. The molecule has 102 valence electrons. The van der Waals surface area contributed by atoms with Crippen LogP contribution in [0, 0.1) is 0 Å². The van der Waals surface area contributed by atoms with Crippen LogP contribution < -0.4 is 5.73 Å². The molecule has 1 atom stereocenters. The summed E-state index contributed by atoms with van der Waals surface area (Å²) >= 11 is 11.6. The maximum atomic E-state index is 13.9. The summed E-state index contributed by atoms with van der Waals surface area (Å²) in [6, 6.07) is 6.95. The molecule has 0 fully saturated rings. The molecule has 1 nitrogen and oxygen atoms in total. The Kier molecular flexibility index (Phi) is 5.80. The second-order valence-corrected chi connectivity index (χ2v) is 5.17. The SMILES string of the molecule is C/C=C/C=C(Cl)\C(F)=C/C(C)(N)c1ccc(Cl)cc1. The first kappa shape index (κ1) is 16.0. The summed E-state index contributed by atoms with van der Waals surface area (Å²) in [4.78, 5) is 0. The predicted molar refractivity (Wildman–Crippen MR) is 80.9 cm³/mol. The van der Waals surface area contributed by atoms with Gasteiger partial charge >= 0.3 is 0 Å². The fourth-order valence-corrected chi connectivity index (χ4v) is 1.74. The lowest BCUT2D eigenvalue weighted by Gasteiger charge is -2.21. The van der Waals surface area contributed by atoms with Gasteiger partial charge in [0.2, 0.25) is 0 Å². The Morgan fingerprint density at radius 3 is 2.42 bits per heavy atom. The van der Waals surface area contributed by atoms with Gasteiger partial charge in [-0.1, -0.05) is 47.5 Å². The van der Waals surface area contributed by atoms with E-state index in [1.165, 1.54) is 12.2 Å². The third-order valence-electron chi connectivity index (χ3n) is 2.56. The highest BCUT2D eigenvalue weighted by Crippen LogP contribution is 2.26. The molecule has 0 spiro atoms. The lowest BCUT2D eigenvalue weighted by molar-refractivity contribution is 0.581. The molecule has 1 aromatic carbocycles. The molecule has 0 aliphatic heterocycles. The highest BCUT2D eigenvalue weighted by Gasteiger charge is 2.20. The van der Waals surface area contributed by atoms with E-state index in [1.807, 2.05) is 6.92 Å². The van der Waals surface area contributed by atoms with E-state index in [1.54, 1.807) is 43.3 Å². The van der Waals surface area contributed by atoms with Gasteiger partial charge in [-0.3, -0.25) is 0 Å². The van der Waals surface area contributed by atoms with Crippen LogP contribution >= 0.6 is 23.2 Å². The lowest BCUT2D eigenvalue weighted by atomic mass is 9.92. The molecular weight excluding hydrogens is 284 g/mol.